The molecule has 94 valence electrons. The zero-order chi connectivity index (χ0) is 12.1. The van der Waals surface area contributed by atoms with Crippen molar-refractivity contribution in [3.8, 4) is 0 Å². The lowest BCUT2D eigenvalue weighted by Crippen LogP contribution is -2.29. The number of aromatic nitrogens is 2. The van der Waals surface area contributed by atoms with Crippen LogP contribution >= 0.6 is 11.5 Å². The SMILES string of the molecule is Cc1nnsc1C(=O)NCC1CCCCCC1. The smallest absolute Gasteiger partial charge is 0.264 e. The maximum Gasteiger partial charge on any atom is 0.264 e. The van der Waals surface area contributed by atoms with Crippen LogP contribution in [0.5, 0.6) is 0 Å². The van der Waals surface area contributed by atoms with Crippen molar-refractivity contribution in [3.05, 3.63) is 10.6 Å². The lowest BCUT2D eigenvalue weighted by molar-refractivity contribution is 0.0949. The minimum Gasteiger partial charge on any atom is -0.351 e. The van der Waals surface area contributed by atoms with E-state index in [0.29, 0.717) is 10.8 Å². The van der Waals surface area contributed by atoms with E-state index in [4.69, 9.17) is 0 Å². The first-order valence-electron chi connectivity index (χ1n) is 6.34. The van der Waals surface area contributed by atoms with Gasteiger partial charge < -0.3 is 5.32 Å². The number of hydrogen-bond acceptors (Lipinski definition) is 4. The average molecular weight is 253 g/mol. The van der Waals surface area contributed by atoms with E-state index in [1.54, 1.807) is 0 Å². The number of rotatable bonds is 3. The number of aryl methyl sites for hydroxylation is 1. The minimum absolute atomic E-state index is 0.0123. The summed E-state index contributed by atoms with van der Waals surface area (Å²) in [7, 11) is 0. The predicted molar refractivity (Wildman–Crippen MR) is 68.2 cm³/mol. The molecule has 4 nitrogen and oxygen atoms in total. The standard InChI is InChI=1S/C12H19N3OS/c1-9-11(17-15-14-9)12(16)13-8-10-6-4-2-3-5-7-10/h10H,2-8H2,1H3,(H,13,16). The predicted octanol–water partition coefficient (Wildman–Crippen LogP) is 2.55. The number of hydrogen-bond donors (Lipinski definition) is 1. The van der Waals surface area contributed by atoms with Crippen molar-refractivity contribution in [2.24, 2.45) is 5.92 Å². The molecule has 1 amide bonds. The molecule has 17 heavy (non-hydrogen) atoms. The zero-order valence-corrected chi connectivity index (χ0v) is 11.1. The second kappa shape index (κ2) is 6.10. The van der Waals surface area contributed by atoms with Crippen LogP contribution in [-0.2, 0) is 0 Å². The Balaban J connectivity index is 1.81. The van der Waals surface area contributed by atoms with Crippen molar-refractivity contribution in [2.75, 3.05) is 6.54 Å². The van der Waals surface area contributed by atoms with E-state index in [2.05, 4.69) is 14.9 Å². The first kappa shape index (κ1) is 12.5. The highest BCUT2D eigenvalue weighted by Gasteiger charge is 2.16. The summed E-state index contributed by atoms with van der Waals surface area (Å²) in [5, 5.41) is 6.87. The van der Waals surface area contributed by atoms with E-state index in [-0.39, 0.29) is 5.91 Å². The van der Waals surface area contributed by atoms with Gasteiger partial charge in [0.15, 0.2) is 0 Å². The fourth-order valence-electron chi connectivity index (χ4n) is 2.33. The summed E-state index contributed by atoms with van der Waals surface area (Å²) in [4.78, 5) is 12.5. The van der Waals surface area contributed by atoms with Crippen LogP contribution in [0.2, 0.25) is 0 Å². The second-order valence-corrected chi connectivity index (χ2v) is 5.51. The molecule has 0 radical (unpaired) electrons. The summed E-state index contributed by atoms with van der Waals surface area (Å²) in [5.41, 5.74) is 0.730. The molecule has 0 unspecified atom stereocenters. The number of nitrogens with zero attached hydrogens (tertiary/aromatic N) is 2. The summed E-state index contributed by atoms with van der Waals surface area (Å²) in [6, 6.07) is 0. The van der Waals surface area contributed by atoms with Gasteiger partial charge in [-0.2, -0.15) is 0 Å². The largest absolute Gasteiger partial charge is 0.351 e. The maximum atomic E-state index is 11.9. The molecule has 1 aliphatic rings. The Kier molecular flexibility index (Phi) is 4.48. The van der Waals surface area contributed by atoms with Gasteiger partial charge in [0.05, 0.1) is 5.69 Å². The van der Waals surface area contributed by atoms with Crippen LogP contribution in [0.15, 0.2) is 0 Å². The van der Waals surface area contributed by atoms with Crippen molar-refractivity contribution in [2.45, 2.75) is 45.4 Å². The number of amides is 1. The molecule has 0 bridgehead atoms. The van der Waals surface area contributed by atoms with E-state index in [1.165, 1.54) is 50.1 Å². The molecule has 1 heterocycles. The van der Waals surface area contributed by atoms with Crippen molar-refractivity contribution in [1.29, 1.82) is 0 Å². The van der Waals surface area contributed by atoms with E-state index < -0.39 is 0 Å². The van der Waals surface area contributed by atoms with Gasteiger partial charge in [-0.25, -0.2) is 0 Å². The number of nitrogens with one attached hydrogen (secondary N) is 1. The highest BCUT2D eigenvalue weighted by molar-refractivity contribution is 7.07. The highest BCUT2D eigenvalue weighted by atomic mass is 32.1. The Bertz CT molecular complexity index is 370. The molecule has 1 fully saturated rings. The van der Waals surface area contributed by atoms with Gasteiger partial charge in [-0.05, 0) is 37.2 Å². The van der Waals surface area contributed by atoms with E-state index in [1.807, 2.05) is 6.92 Å². The molecule has 1 aliphatic carbocycles. The molecule has 0 atom stereocenters. The van der Waals surface area contributed by atoms with Crippen LogP contribution in [0.25, 0.3) is 0 Å². The summed E-state index contributed by atoms with van der Waals surface area (Å²) in [5.74, 6) is 0.643. The molecular formula is C12H19N3OS. The molecule has 0 aliphatic heterocycles. The first-order chi connectivity index (χ1) is 8.27. The van der Waals surface area contributed by atoms with Gasteiger partial charge in [0.2, 0.25) is 0 Å². The molecule has 1 saturated carbocycles. The van der Waals surface area contributed by atoms with Crippen molar-refractivity contribution in [3.63, 3.8) is 0 Å². The molecule has 2 rings (SSSR count). The van der Waals surface area contributed by atoms with Crippen LogP contribution in [0.1, 0.15) is 53.9 Å². The third-order valence-electron chi connectivity index (χ3n) is 3.38. The number of carbonyl (C=O) groups is 1. The van der Waals surface area contributed by atoms with Gasteiger partial charge >= 0.3 is 0 Å². The zero-order valence-electron chi connectivity index (χ0n) is 10.2. The monoisotopic (exact) mass is 253 g/mol. The van der Waals surface area contributed by atoms with Gasteiger partial charge in [0, 0.05) is 6.54 Å². The molecule has 0 saturated heterocycles. The molecule has 0 spiro atoms. The summed E-state index contributed by atoms with van der Waals surface area (Å²) < 4.78 is 3.78. The fourth-order valence-corrected chi connectivity index (χ4v) is 2.90. The van der Waals surface area contributed by atoms with Gasteiger partial charge in [-0.3, -0.25) is 4.79 Å². The quantitative estimate of drug-likeness (QED) is 0.842. The second-order valence-electron chi connectivity index (χ2n) is 4.76. The Hall–Kier alpha value is -0.970. The third-order valence-corrected chi connectivity index (χ3v) is 4.21. The highest BCUT2D eigenvalue weighted by Crippen LogP contribution is 2.22. The van der Waals surface area contributed by atoms with E-state index in [9.17, 15) is 4.79 Å². The first-order valence-corrected chi connectivity index (χ1v) is 7.12. The topological polar surface area (TPSA) is 54.9 Å². The van der Waals surface area contributed by atoms with E-state index in [0.717, 1.165) is 12.2 Å². The summed E-state index contributed by atoms with van der Waals surface area (Å²) >= 11 is 1.18. The summed E-state index contributed by atoms with van der Waals surface area (Å²) in [6.07, 6.45) is 7.81. The van der Waals surface area contributed by atoms with Crippen molar-refractivity contribution >= 4 is 17.4 Å². The Labute approximate surface area is 106 Å². The van der Waals surface area contributed by atoms with Gasteiger partial charge in [0.1, 0.15) is 4.88 Å². The molecular weight excluding hydrogens is 234 g/mol. The lowest BCUT2D eigenvalue weighted by Gasteiger charge is -2.14. The normalized spacial score (nSPS) is 17.7. The molecule has 1 aromatic heterocycles. The third kappa shape index (κ3) is 3.49. The van der Waals surface area contributed by atoms with Crippen LogP contribution in [-0.4, -0.2) is 22.0 Å². The molecule has 1 N–H and O–H groups in total. The number of carbonyl (C=O) groups excluding carboxylic acids is 1. The van der Waals surface area contributed by atoms with Crippen LogP contribution < -0.4 is 5.32 Å². The van der Waals surface area contributed by atoms with Crippen LogP contribution in [0.4, 0.5) is 0 Å². The minimum atomic E-state index is -0.0123. The Morgan fingerprint density at radius 2 is 2.06 bits per heavy atom. The summed E-state index contributed by atoms with van der Waals surface area (Å²) in [6.45, 7) is 2.63. The van der Waals surface area contributed by atoms with Crippen molar-refractivity contribution in [1.82, 2.24) is 14.9 Å². The van der Waals surface area contributed by atoms with Crippen LogP contribution in [0.3, 0.4) is 0 Å². The lowest BCUT2D eigenvalue weighted by atomic mass is 10.0. The maximum absolute atomic E-state index is 11.9. The van der Waals surface area contributed by atoms with Gasteiger partial charge in [0.25, 0.3) is 5.91 Å². The van der Waals surface area contributed by atoms with Crippen LogP contribution in [0, 0.1) is 12.8 Å². The van der Waals surface area contributed by atoms with Gasteiger partial charge in [-0.1, -0.05) is 30.2 Å². The average Bonchev–Trinajstić information content (AvgIpc) is 2.61. The van der Waals surface area contributed by atoms with Gasteiger partial charge in [-0.15, -0.1) is 5.10 Å². The Morgan fingerprint density at radius 3 is 2.65 bits per heavy atom. The molecule has 5 heteroatoms. The molecule has 0 aromatic carbocycles. The van der Waals surface area contributed by atoms with E-state index >= 15 is 0 Å². The Morgan fingerprint density at radius 1 is 1.35 bits per heavy atom. The fraction of sp³-hybridized carbons (Fsp3) is 0.750. The molecule has 1 aromatic rings. The van der Waals surface area contributed by atoms with Crippen molar-refractivity contribution < 1.29 is 4.79 Å².